The van der Waals surface area contributed by atoms with Crippen LogP contribution < -0.4 is 5.32 Å². The van der Waals surface area contributed by atoms with Gasteiger partial charge in [0.1, 0.15) is 6.42 Å². The first-order valence-electron chi connectivity index (χ1n) is 5.48. The number of aliphatic hydroxyl groups is 1. The highest BCUT2D eigenvalue weighted by Gasteiger charge is 2.05. The van der Waals surface area contributed by atoms with E-state index in [0.29, 0.717) is 12.2 Å². The molecule has 6 heteroatoms. The monoisotopic (exact) mass is 244 g/mol. The van der Waals surface area contributed by atoms with Gasteiger partial charge < -0.3 is 10.4 Å². The van der Waals surface area contributed by atoms with E-state index in [9.17, 15) is 4.79 Å². The summed E-state index contributed by atoms with van der Waals surface area (Å²) in [4.78, 5) is 11.3. The van der Waals surface area contributed by atoms with Crippen molar-refractivity contribution >= 4 is 22.5 Å². The van der Waals surface area contributed by atoms with Crippen LogP contribution in [0.4, 0.5) is 5.69 Å². The number of hydrogen-bond acceptors (Lipinski definition) is 4. The zero-order valence-corrected chi connectivity index (χ0v) is 9.63. The van der Waals surface area contributed by atoms with Gasteiger partial charge in [0.25, 0.3) is 0 Å². The molecule has 1 amide bonds. The molecule has 0 aliphatic rings. The van der Waals surface area contributed by atoms with E-state index in [1.165, 1.54) is 0 Å². The third-order valence-electron chi connectivity index (χ3n) is 2.48. The highest BCUT2D eigenvalue weighted by Crippen LogP contribution is 2.19. The molecule has 0 aliphatic carbocycles. The van der Waals surface area contributed by atoms with Crippen LogP contribution in [0, 0.1) is 11.3 Å². The van der Waals surface area contributed by atoms with E-state index in [4.69, 9.17) is 10.4 Å². The topological polar surface area (TPSA) is 90.9 Å². The van der Waals surface area contributed by atoms with Gasteiger partial charge in [0.05, 0.1) is 30.9 Å². The summed E-state index contributed by atoms with van der Waals surface area (Å²) in [6, 6.07) is 7.14. The Bertz CT molecular complexity index is 612. The van der Waals surface area contributed by atoms with Gasteiger partial charge in [-0.3, -0.25) is 9.48 Å². The second-order valence-corrected chi connectivity index (χ2v) is 3.75. The van der Waals surface area contributed by atoms with Gasteiger partial charge in [-0.1, -0.05) is 0 Å². The van der Waals surface area contributed by atoms with Crippen molar-refractivity contribution in [1.29, 1.82) is 5.26 Å². The minimum Gasteiger partial charge on any atom is -0.394 e. The third kappa shape index (κ3) is 2.47. The molecule has 6 nitrogen and oxygen atoms in total. The number of carbonyl (C=O) groups excluding carboxylic acids is 1. The summed E-state index contributed by atoms with van der Waals surface area (Å²) in [6.07, 6.45) is 1.51. The average molecular weight is 244 g/mol. The molecular formula is C12H12N4O2. The average Bonchev–Trinajstić information content (AvgIpc) is 2.73. The van der Waals surface area contributed by atoms with Crippen molar-refractivity contribution in [1.82, 2.24) is 9.78 Å². The van der Waals surface area contributed by atoms with Crippen molar-refractivity contribution in [3.8, 4) is 6.07 Å². The SMILES string of the molecule is N#CCC(=O)Nc1ccc2c(cnn2CCO)c1. The molecule has 2 aromatic rings. The van der Waals surface area contributed by atoms with E-state index >= 15 is 0 Å². The molecule has 1 aromatic carbocycles. The molecule has 0 radical (unpaired) electrons. The van der Waals surface area contributed by atoms with Gasteiger partial charge in [-0.25, -0.2) is 0 Å². The van der Waals surface area contributed by atoms with E-state index in [2.05, 4.69) is 10.4 Å². The maximum atomic E-state index is 11.3. The number of rotatable bonds is 4. The predicted octanol–water partition coefficient (Wildman–Crippen LogP) is 0.881. The second kappa shape index (κ2) is 5.29. The summed E-state index contributed by atoms with van der Waals surface area (Å²) in [5, 5.41) is 24.9. The Morgan fingerprint density at radius 3 is 3.11 bits per heavy atom. The third-order valence-corrected chi connectivity index (χ3v) is 2.48. The number of anilines is 1. The number of hydrogen-bond donors (Lipinski definition) is 2. The highest BCUT2D eigenvalue weighted by molar-refractivity contribution is 5.94. The largest absolute Gasteiger partial charge is 0.394 e. The maximum absolute atomic E-state index is 11.3. The van der Waals surface area contributed by atoms with Crippen LogP contribution in [0.5, 0.6) is 0 Å². The molecule has 0 saturated heterocycles. The summed E-state index contributed by atoms with van der Waals surface area (Å²) in [7, 11) is 0. The Labute approximate surface area is 103 Å². The summed E-state index contributed by atoms with van der Waals surface area (Å²) < 4.78 is 1.69. The van der Waals surface area contributed by atoms with Crippen LogP contribution in [-0.4, -0.2) is 27.4 Å². The molecule has 0 aliphatic heterocycles. The summed E-state index contributed by atoms with van der Waals surface area (Å²) in [6.45, 7) is 0.459. The first-order valence-corrected chi connectivity index (χ1v) is 5.48. The lowest BCUT2D eigenvalue weighted by Crippen LogP contribution is -2.10. The number of carbonyl (C=O) groups is 1. The van der Waals surface area contributed by atoms with Crippen LogP contribution in [0.1, 0.15) is 6.42 Å². The molecule has 0 fully saturated rings. The van der Waals surface area contributed by atoms with E-state index in [-0.39, 0.29) is 18.9 Å². The number of fused-ring (bicyclic) bond motifs is 1. The van der Waals surface area contributed by atoms with Crippen LogP contribution in [0.3, 0.4) is 0 Å². The molecule has 0 unspecified atom stereocenters. The molecule has 2 rings (SSSR count). The van der Waals surface area contributed by atoms with E-state index < -0.39 is 0 Å². The van der Waals surface area contributed by atoms with Gasteiger partial charge in [-0.2, -0.15) is 10.4 Å². The van der Waals surface area contributed by atoms with Crippen molar-refractivity contribution in [3.05, 3.63) is 24.4 Å². The molecule has 1 heterocycles. The first-order chi connectivity index (χ1) is 8.74. The van der Waals surface area contributed by atoms with Crippen molar-refractivity contribution in [3.63, 3.8) is 0 Å². The number of nitrogens with zero attached hydrogens (tertiary/aromatic N) is 3. The molecule has 0 saturated carbocycles. The fraction of sp³-hybridized carbons (Fsp3) is 0.250. The summed E-state index contributed by atoms with van der Waals surface area (Å²) in [5.74, 6) is -0.334. The number of nitrogens with one attached hydrogen (secondary N) is 1. The number of nitriles is 1. The molecule has 2 N–H and O–H groups in total. The molecule has 0 spiro atoms. The molecule has 0 bridgehead atoms. The Morgan fingerprint density at radius 2 is 2.39 bits per heavy atom. The van der Waals surface area contributed by atoms with Gasteiger partial charge >= 0.3 is 0 Å². The number of aliphatic hydroxyl groups excluding tert-OH is 1. The van der Waals surface area contributed by atoms with Gasteiger partial charge in [-0.15, -0.1) is 0 Å². The molecule has 1 aromatic heterocycles. The first kappa shape index (κ1) is 12.1. The zero-order chi connectivity index (χ0) is 13.0. The Morgan fingerprint density at radius 1 is 1.56 bits per heavy atom. The lowest BCUT2D eigenvalue weighted by atomic mass is 10.2. The van der Waals surface area contributed by atoms with E-state index in [1.54, 1.807) is 29.1 Å². The zero-order valence-electron chi connectivity index (χ0n) is 9.63. The smallest absolute Gasteiger partial charge is 0.238 e. The normalized spacial score (nSPS) is 10.2. The van der Waals surface area contributed by atoms with Gasteiger partial charge in [0.2, 0.25) is 5.91 Å². The Hall–Kier alpha value is -2.39. The summed E-state index contributed by atoms with van der Waals surface area (Å²) >= 11 is 0. The van der Waals surface area contributed by atoms with Crippen LogP contribution in [0.2, 0.25) is 0 Å². The van der Waals surface area contributed by atoms with Crippen molar-refractivity contribution in [2.75, 3.05) is 11.9 Å². The van der Waals surface area contributed by atoms with Crippen LogP contribution >= 0.6 is 0 Å². The maximum Gasteiger partial charge on any atom is 0.238 e. The number of aromatic nitrogens is 2. The van der Waals surface area contributed by atoms with E-state index in [1.807, 2.05) is 6.07 Å². The van der Waals surface area contributed by atoms with Crippen molar-refractivity contribution in [2.24, 2.45) is 0 Å². The van der Waals surface area contributed by atoms with Crippen molar-refractivity contribution in [2.45, 2.75) is 13.0 Å². The molecule has 92 valence electrons. The number of benzene rings is 1. The lowest BCUT2D eigenvalue weighted by molar-refractivity contribution is -0.115. The van der Waals surface area contributed by atoms with Crippen LogP contribution in [0.15, 0.2) is 24.4 Å². The highest BCUT2D eigenvalue weighted by atomic mass is 16.3. The van der Waals surface area contributed by atoms with Crippen molar-refractivity contribution < 1.29 is 9.90 Å². The molecule has 18 heavy (non-hydrogen) atoms. The Balaban J connectivity index is 2.23. The fourth-order valence-corrected chi connectivity index (χ4v) is 1.71. The van der Waals surface area contributed by atoms with Gasteiger partial charge in [0, 0.05) is 11.1 Å². The molecular weight excluding hydrogens is 232 g/mol. The van der Waals surface area contributed by atoms with Crippen LogP contribution in [0.25, 0.3) is 10.9 Å². The predicted molar refractivity (Wildman–Crippen MR) is 65.7 cm³/mol. The second-order valence-electron chi connectivity index (χ2n) is 3.75. The summed E-state index contributed by atoms with van der Waals surface area (Å²) in [5.41, 5.74) is 1.52. The fourth-order valence-electron chi connectivity index (χ4n) is 1.71. The quantitative estimate of drug-likeness (QED) is 0.835. The van der Waals surface area contributed by atoms with Crippen LogP contribution in [-0.2, 0) is 11.3 Å². The van der Waals surface area contributed by atoms with E-state index in [0.717, 1.165) is 10.9 Å². The minimum atomic E-state index is -0.334. The standard InChI is InChI=1S/C12H12N4O2/c13-4-3-12(18)15-10-1-2-11-9(7-10)8-14-16(11)5-6-17/h1-2,7-8,17H,3,5-6H2,(H,15,18). The van der Waals surface area contributed by atoms with Gasteiger partial charge in [-0.05, 0) is 18.2 Å². The number of amides is 1. The van der Waals surface area contributed by atoms with Gasteiger partial charge in [0.15, 0.2) is 0 Å². The Kier molecular flexibility index (Phi) is 3.55. The minimum absolute atomic E-state index is 0.0252. The lowest BCUT2D eigenvalue weighted by Gasteiger charge is -2.04. The molecule has 0 atom stereocenters.